The van der Waals surface area contributed by atoms with Crippen LogP contribution in [-0.4, -0.2) is 55.4 Å². The van der Waals surface area contributed by atoms with Gasteiger partial charge in [0.15, 0.2) is 17.3 Å². The van der Waals surface area contributed by atoms with Gasteiger partial charge in [-0.3, -0.25) is 14.4 Å². The Kier molecular flexibility index (Phi) is 5.67. The number of hydrogen-bond acceptors (Lipinski definition) is 6. The highest BCUT2D eigenvalue weighted by molar-refractivity contribution is 6.02. The van der Waals surface area contributed by atoms with E-state index in [2.05, 4.69) is 5.32 Å². The quantitative estimate of drug-likeness (QED) is 0.746. The molecule has 0 unspecified atom stereocenters. The molecule has 8 nitrogen and oxygen atoms in total. The smallest absolute Gasteiger partial charge is 0.253 e. The molecule has 0 aliphatic carbocycles. The van der Waals surface area contributed by atoms with E-state index in [1.807, 2.05) is 17.0 Å². The molecule has 8 heteroatoms. The summed E-state index contributed by atoms with van der Waals surface area (Å²) in [6.45, 7) is 0.975. The number of likely N-dealkylation sites (tertiary alicyclic amines) is 1. The van der Waals surface area contributed by atoms with Crippen LogP contribution >= 0.6 is 0 Å². The fourth-order valence-electron chi connectivity index (χ4n) is 5.15. The fraction of sp³-hybridized carbons (Fsp3) is 0.423. The first-order valence-corrected chi connectivity index (χ1v) is 11.6. The zero-order valence-electron chi connectivity index (χ0n) is 19.4. The van der Waals surface area contributed by atoms with E-state index < -0.39 is 5.60 Å². The molecule has 34 heavy (non-hydrogen) atoms. The van der Waals surface area contributed by atoms with Gasteiger partial charge in [-0.1, -0.05) is 0 Å². The SMILES string of the molecule is COc1ccc2c(c1OC)OC1(CCN(C(=O)c3ccc4c(c3)CCCC(=O)N4)CC1)CC2=O. The molecular weight excluding hydrogens is 436 g/mol. The summed E-state index contributed by atoms with van der Waals surface area (Å²) in [6.07, 6.45) is 3.39. The number of Topliss-reactive ketones (excluding diaryl/α,β-unsaturated/α-hetero) is 1. The Morgan fingerprint density at radius 1 is 1.06 bits per heavy atom. The lowest BCUT2D eigenvalue weighted by Crippen LogP contribution is -2.52. The predicted molar refractivity (Wildman–Crippen MR) is 125 cm³/mol. The molecule has 0 radical (unpaired) electrons. The number of ether oxygens (including phenoxy) is 3. The summed E-state index contributed by atoms with van der Waals surface area (Å²) in [6, 6.07) is 8.90. The van der Waals surface area contributed by atoms with E-state index in [0.717, 1.165) is 24.1 Å². The maximum atomic E-state index is 13.2. The van der Waals surface area contributed by atoms with Crippen molar-refractivity contribution < 1.29 is 28.6 Å². The first-order valence-electron chi connectivity index (χ1n) is 11.6. The molecule has 0 bridgehead atoms. The van der Waals surface area contributed by atoms with Crippen molar-refractivity contribution in [2.75, 3.05) is 32.6 Å². The van der Waals surface area contributed by atoms with Crippen molar-refractivity contribution >= 4 is 23.3 Å². The van der Waals surface area contributed by atoms with E-state index in [4.69, 9.17) is 14.2 Å². The van der Waals surface area contributed by atoms with Gasteiger partial charge in [0.05, 0.1) is 26.2 Å². The molecular formula is C26H28N2O6. The average Bonchev–Trinajstić information content (AvgIpc) is 3.03. The summed E-state index contributed by atoms with van der Waals surface area (Å²) in [4.78, 5) is 39.8. The zero-order chi connectivity index (χ0) is 23.9. The number of aryl methyl sites for hydroxylation is 1. The van der Waals surface area contributed by atoms with E-state index in [9.17, 15) is 14.4 Å². The first kappa shape index (κ1) is 22.3. The van der Waals surface area contributed by atoms with Gasteiger partial charge in [0, 0.05) is 43.6 Å². The number of anilines is 1. The molecule has 2 aromatic rings. The van der Waals surface area contributed by atoms with Gasteiger partial charge in [0.2, 0.25) is 11.7 Å². The molecule has 0 atom stereocenters. The number of nitrogens with zero attached hydrogens (tertiary/aromatic N) is 1. The Bertz CT molecular complexity index is 1170. The Labute approximate surface area is 198 Å². The van der Waals surface area contributed by atoms with Crippen LogP contribution in [0.15, 0.2) is 30.3 Å². The third-order valence-electron chi connectivity index (χ3n) is 7.04. The number of fused-ring (bicyclic) bond motifs is 2. The molecule has 2 amide bonds. The van der Waals surface area contributed by atoms with Gasteiger partial charge >= 0.3 is 0 Å². The lowest BCUT2D eigenvalue weighted by atomic mass is 9.82. The number of benzene rings is 2. The second-order valence-corrected chi connectivity index (χ2v) is 9.13. The predicted octanol–water partition coefficient (Wildman–Crippen LogP) is 3.62. The van der Waals surface area contributed by atoms with Gasteiger partial charge in [-0.2, -0.15) is 0 Å². The number of amides is 2. The third-order valence-corrected chi connectivity index (χ3v) is 7.04. The summed E-state index contributed by atoms with van der Waals surface area (Å²) >= 11 is 0. The number of nitrogens with one attached hydrogen (secondary N) is 1. The third kappa shape index (κ3) is 3.87. The molecule has 0 aromatic heterocycles. The lowest BCUT2D eigenvalue weighted by molar-refractivity contribution is -0.116. The Hall–Kier alpha value is -3.55. The fourth-order valence-corrected chi connectivity index (χ4v) is 5.15. The van der Waals surface area contributed by atoms with Crippen LogP contribution in [0.5, 0.6) is 17.2 Å². The molecule has 1 spiro atoms. The minimum atomic E-state index is -0.668. The maximum absolute atomic E-state index is 13.2. The van der Waals surface area contributed by atoms with E-state index in [1.54, 1.807) is 25.3 Å². The van der Waals surface area contributed by atoms with Gasteiger partial charge in [0.25, 0.3) is 5.91 Å². The standard InChI is InChI=1S/C26H28N2O6/c1-32-21-9-7-18-20(29)15-26(34-23(18)24(21)33-2)10-12-28(13-11-26)25(31)17-6-8-19-16(14-17)4-3-5-22(30)27-19/h6-9,14H,3-5,10-13,15H2,1-2H3,(H,27,30). The molecule has 1 fully saturated rings. The number of carbonyl (C=O) groups excluding carboxylic acids is 3. The van der Waals surface area contributed by atoms with Crippen molar-refractivity contribution in [2.45, 2.75) is 44.1 Å². The number of methoxy groups -OCH3 is 2. The highest BCUT2D eigenvalue weighted by atomic mass is 16.5. The largest absolute Gasteiger partial charge is 0.493 e. The van der Waals surface area contributed by atoms with Gasteiger partial charge < -0.3 is 24.4 Å². The number of piperidine rings is 1. The van der Waals surface area contributed by atoms with Crippen LogP contribution < -0.4 is 19.5 Å². The number of rotatable bonds is 3. The van der Waals surface area contributed by atoms with Gasteiger partial charge in [0.1, 0.15) is 5.60 Å². The van der Waals surface area contributed by atoms with E-state index >= 15 is 0 Å². The minimum Gasteiger partial charge on any atom is -0.493 e. The van der Waals surface area contributed by atoms with Crippen LogP contribution in [0.3, 0.4) is 0 Å². The van der Waals surface area contributed by atoms with Crippen molar-refractivity contribution in [3.63, 3.8) is 0 Å². The van der Waals surface area contributed by atoms with Crippen molar-refractivity contribution in [2.24, 2.45) is 0 Å². The van der Waals surface area contributed by atoms with E-state index in [0.29, 0.717) is 60.7 Å². The molecule has 3 heterocycles. The van der Waals surface area contributed by atoms with Crippen molar-refractivity contribution in [1.82, 2.24) is 4.90 Å². The van der Waals surface area contributed by atoms with Crippen molar-refractivity contribution in [1.29, 1.82) is 0 Å². The molecule has 178 valence electrons. The average molecular weight is 465 g/mol. The summed E-state index contributed by atoms with van der Waals surface area (Å²) in [7, 11) is 3.08. The topological polar surface area (TPSA) is 94.2 Å². The van der Waals surface area contributed by atoms with E-state index in [-0.39, 0.29) is 24.0 Å². The van der Waals surface area contributed by atoms with Crippen LogP contribution in [0.2, 0.25) is 0 Å². The van der Waals surface area contributed by atoms with Gasteiger partial charge in [-0.25, -0.2) is 0 Å². The Morgan fingerprint density at radius 3 is 2.59 bits per heavy atom. The molecule has 5 rings (SSSR count). The van der Waals surface area contributed by atoms with Gasteiger partial charge in [-0.05, 0) is 48.7 Å². The van der Waals surface area contributed by atoms with Gasteiger partial charge in [-0.15, -0.1) is 0 Å². The Balaban J connectivity index is 1.32. The van der Waals surface area contributed by atoms with Crippen molar-refractivity contribution in [3.05, 3.63) is 47.0 Å². The summed E-state index contributed by atoms with van der Waals surface area (Å²) in [5, 5.41) is 2.91. The summed E-state index contributed by atoms with van der Waals surface area (Å²) in [5.74, 6) is 1.33. The number of hydrogen-bond donors (Lipinski definition) is 1. The van der Waals surface area contributed by atoms with Crippen LogP contribution in [-0.2, 0) is 11.2 Å². The van der Waals surface area contributed by atoms with Crippen LogP contribution in [0.4, 0.5) is 5.69 Å². The summed E-state index contributed by atoms with van der Waals surface area (Å²) in [5.41, 5.74) is 2.22. The molecule has 1 saturated heterocycles. The maximum Gasteiger partial charge on any atom is 0.253 e. The highest BCUT2D eigenvalue weighted by Gasteiger charge is 2.45. The van der Waals surface area contributed by atoms with Crippen LogP contribution in [0.25, 0.3) is 0 Å². The van der Waals surface area contributed by atoms with Crippen molar-refractivity contribution in [3.8, 4) is 17.2 Å². The molecule has 0 saturated carbocycles. The first-order chi connectivity index (χ1) is 16.4. The lowest BCUT2D eigenvalue weighted by Gasteiger charge is -2.44. The zero-order valence-corrected chi connectivity index (χ0v) is 19.4. The van der Waals surface area contributed by atoms with Crippen LogP contribution in [0, 0.1) is 0 Å². The number of ketones is 1. The number of carbonyl (C=O) groups is 3. The van der Waals surface area contributed by atoms with E-state index in [1.165, 1.54) is 7.11 Å². The summed E-state index contributed by atoms with van der Waals surface area (Å²) < 4.78 is 17.3. The molecule has 1 N–H and O–H groups in total. The highest BCUT2D eigenvalue weighted by Crippen LogP contribution is 2.47. The monoisotopic (exact) mass is 464 g/mol. The van der Waals surface area contributed by atoms with Crippen LogP contribution in [0.1, 0.15) is 58.4 Å². The molecule has 3 aliphatic rings. The second kappa shape index (κ2) is 8.66. The molecule has 2 aromatic carbocycles. The normalized spacial score (nSPS) is 18.8. The second-order valence-electron chi connectivity index (χ2n) is 9.13. The Morgan fingerprint density at radius 2 is 1.85 bits per heavy atom. The molecule has 3 aliphatic heterocycles. The minimum absolute atomic E-state index is 0.00905.